The summed E-state index contributed by atoms with van der Waals surface area (Å²) in [4.78, 5) is 80.9. The quantitative estimate of drug-likeness (QED) is 0.0243. The average Bonchev–Trinajstić information content (AvgIpc) is 3.88. The van der Waals surface area contributed by atoms with Gasteiger partial charge in [-0.3, -0.25) is 28.8 Å². The SMILES string of the molecule is C/C=C\C(=C/C)C(=O)c1ccc2c(c1)c1cc(C(=O)c3ccccc3)ccc1n2CC(=O)OCCCCCOC(=O)Cn1c2ccc(C(=O)C(/C=C\C)=C/C)cc2c2cc(C(=O)c3ccccc3)ccc21. The zero-order valence-corrected chi connectivity index (χ0v) is 40.3. The molecule has 8 rings (SSSR count). The van der Waals surface area contributed by atoms with Gasteiger partial charge in [0.1, 0.15) is 13.1 Å². The fraction of sp³-hybridized carbons (Fsp3) is 0.180. The zero-order valence-electron chi connectivity index (χ0n) is 40.3. The van der Waals surface area contributed by atoms with Crippen molar-refractivity contribution in [1.82, 2.24) is 9.13 Å². The Morgan fingerprint density at radius 1 is 0.408 bits per heavy atom. The van der Waals surface area contributed by atoms with E-state index < -0.39 is 11.9 Å². The third kappa shape index (κ3) is 10.6. The number of benzene rings is 6. The lowest BCUT2D eigenvalue weighted by molar-refractivity contribution is -0.144. The molecular weight excluding hydrogens is 889 g/mol. The van der Waals surface area contributed by atoms with Crippen LogP contribution in [-0.4, -0.2) is 57.4 Å². The maximum atomic E-state index is 13.5. The van der Waals surface area contributed by atoms with Crippen molar-refractivity contribution >= 4 is 78.7 Å². The second-order valence-corrected chi connectivity index (χ2v) is 17.1. The summed E-state index contributed by atoms with van der Waals surface area (Å²) in [5.74, 6) is -1.43. The Morgan fingerprint density at radius 3 is 1.08 bits per heavy atom. The topological polar surface area (TPSA) is 131 Å². The number of Topliss-reactive ketones (excluding diaryl/α,β-unsaturated/α-hetero) is 2. The molecule has 0 aliphatic carbocycles. The highest BCUT2D eigenvalue weighted by Gasteiger charge is 2.22. The second-order valence-electron chi connectivity index (χ2n) is 17.1. The molecule has 0 saturated heterocycles. The molecule has 71 heavy (non-hydrogen) atoms. The Morgan fingerprint density at radius 2 is 0.746 bits per heavy atom. The Hall–Kier alpha value is -8.50. The molecule has 10 nitrogen and oxygen atoms in total. The van der Waals surface area contributed by atoms with Crippen molar-refractivity contribution in [3.05, 3.63) is 214 Å². The molecule has 0 saturated carbocycles. The van der Waals surface area contributed by atoms with E-state index in [2.05, 4.69) is 0 Å². The van der Waals surface area contributed by atoms with Crippen molar-refractivity contribution in [3.63, 3.8) is 0 Å². The number of hydrogen-bond acceptors (Lipinski definition) is 8. The van der Waals surface area contributed by atoms with Gasteiger partial charge in [-0.05, 0) is 120 Å². The first-order valence-electron chi connectivity index (χ1n) is 23.8. The molecular formula is C61H54N2O8. The van der Waals surface area contributed by atoms with Crippen LogP contribution in [0.1, 0.15) is 99.5 Å². The van der Waals surface area contributed by atoms with Gasteiger partial charge < -0.3 is 18.6 Å². The van der Waals surface area contributed by atoms with Crippen LogP contribution >= 0.6 is 0 Å². The molecule has 0 radical (unpaired) electrons. The van der Waals surface area contributed by atoms with Gasteiger partial charge in [-0.25, -0.2) is 0 Å². The molecule has 0 aliphatic rings. The van der Waals surface area contributed by atoms with Crippen molar-refractivity contribution < 1.29 is 38.2 Å². The van der Waals surface area contributed by atoms with Gasteiger partial charge in [0.25, 0.3) is 0 Å². The molecule has 0 atom stereocenters. The van der Waals surface area contributed by atoms with E-state index in [1.54, 1.807) is 72.8 Å². The van der Waals surface area contributed by atoms with Crippen LogP contribution in [0.2, 0.25) is 0 Å². The first kappa shape index (κ1) is 48.9. The number of ether oxygens (including phenoxy) is 2. The second kappa shape index (κ2) is 22.3. The number of ketones is 4. The van der Waals surface area contributed by atoms with Gasteiger partial charge in [-0.1, -0.05) is 97.1 Å². The lowest BCUT2D eigenvalue weighted by Crippen LogP contribution is -2.15. The van der Waals surface area contributed by atoms with Crippen LogP contribution in [0.5, 0.6) is 0 Å². The highest BCUT2D eigenvalue weighted by atomic mass is 16.5. The van der Waals surface area contributed by atoms with Gasteiger partial charge in [0.2, 0.25) is 0 Å². The first-order valence-corrected chi connectivity index (χ1v) is 23.8. The Labute approximate surface area is 412 Å². The van der Waals surface area contributed by atoms with Crippen molar-refractivity contribution in [1.29, 1.82) is 0 Å². The summed E-state index contributed by atoms with van der Waals surface area (Å²) in [6.45, 7) is 7.50. The third-order valence-corrected chi connectivity index (χ3v) is 12.6. The number of hydrogen-bond donors (Lipinski definition) is 0. The number of esters is 2. The highest BCUT2D eigenvalue weighted by molar-refractivity contribution is 6.19. The Kier molecular flexibility index (Phi) is 15.4. The number of fused-ring (bicyclic) bond motifs is 6. The molecule has 0 unspecified atom stereocenters. The number of nitrogens with zero attached hydrogens (tertiary/aromatic N) is 2. The van der Waals surface area contributed by atoms with Crippen LogP contribution in [0.15, 0.2) is 181 Å². The molecule has 0 spiro atoms. The van der Waals surface area contributed by atoms with Crippen LogP contribution in [-0.2, 0) is 32.2 Å². The van der Waals surface area contributed by atoms with E-state index in [9.17, 15) is 28.8 Å². The minimum Gasteiger partial charge on any atom is -0.464 e. The minimum atomic E-state index is -0.441. The van der Waals surface area contributed by atoms with E-state index in [1.165, 1.54) is 0 Å². The number of unbranched alkanes of at least 4 members (excludes halogenated alkanes) is 2. The molecule has 8 aromatic rings. The van der Waals surface area contributed by atoms with E-state index in [4.69, 9.17) is 9.47 Å². The molecule has 0 amide bonds. The van der Waals surface area contributed by atoms with Crippen LogP contribution in [0, 0.1) is 0 Å². The summed E-state index contributed by atoms with van der Waals surface area (Å²) < 4.78 is 15.1. The van der Waals surface area contributed by atoms with Crippen LogP contribution in [0.3, 0.4) is 0 Å². The summed E-state index contributed by atoms with van der Waals surface area (Å²) in [6, 6.07) is 39.7. The normalized spacial score (nSPS) is 12.2. The van der Waals surface area contributed by atoms with E-state index in [0.717, 1.165) is 43.6 Å². The lowest BCUT2D eigenvalue weighted by atomic mass is 9.98. The molecule has 0 N–H and O–H groups in total. The monoisotopic (exact) mass is 942 g/mol. The van der Waals surface area contributed by atoms with Gasteiger partial charge >= 0.3 is 11.9 Å². The standard InChI is InChI=1S/C61H54N2O8/c1-5-18-40(7-3)58(66)44-24-28-52-48(34-44)50-36-46(60(68)42-20-12-9-13-21-42)26-30-54(50)62(52)38-56(64)70-32-16-11-17-33-71-57(65)39-63-53-29-25-45(59(67)41(8-4)19-6-2)35-49(53)51-37-47(27-31-55(51)63)61(69)43-22-14-10-15-23-43/h5-10,12-15,18-31,34-37H,11,16-17,32-33,38-39H2,1-4H3/b18-5-,19-6-,40-7+,41-8+. The molecule has 6 aromatic carbocycles. The fourth-order valence-electron chi connectivity index (χ4n) is 9.03. The molecule has 10 heteroatoms. The number of rotatable bonds is 20. The molecule has 0 aliphatic heterocycles. The number of aromatic nitrogens is 2. The van der Waals surface area contributed by atoms with E-state index in [1.807, 2.05) is 134 Å². The van der Waals surface area contributed by atoms with Crippen LogP contribution < -0.4 is 0 Å². The van der Waals surface area contributed by atoms with Crippen LogP contribution in [0.4, 0.5) is 0 Å². The van der Waals surface area contributed by atoms with E-state index in [0.29, 0.717) is 63.8 Å². The highest BCUT2D eigenvalue weighted by Crippen LogP contribution is 2.34. The number of carbonyl (C=O) groups excluding carboxylic acids is 6. The third-order valence-electron chi connectivity index (χ3n) is 12.6. The summed E-state index contributed by atoms with van der Waals surface area (Å²) in [6.07, 6.45) is 12.4. The molecule has 356 valence electrons. The predicted molar refractivity (Wildman–Crippen MR) is 280 cm³/mol. The van der Waals surface area contributed by atoms with Gasteiger partial charge in [0, 0.05) is 88.1 Å². The largest absolute Gasteiger partial charge is 0.464 e. The Balaban J connectivity index is 0.914. The van der Waals surface area contributed by atoms with Crippen molar-refractivity contribution in [2.24, 2.45) is 0 Å². The first-order chi connectivity index (χ1) is 34.5. The summed E-state index contributed by atoms with van der Waals surface area (Å²) in [5, 5.41) is 2.94. The number of allylic oxidation sites excluding steroid dienone is 8. The summed E-state index contributed by atoms with van der Waals surface area (Å²) >= 11 is 0. The van der Waals surface area contributed by atoms with Crippen molar-refractivity contribution in [2.75, 3.05) is 13.2 Å². The maximum Gasteiger partial charge on any atom is 0.325 e. The molecule has 2 aromatic heterocycles. The maximum absolute atomic E-state index is 13.5. The van der Waals surface area contributed by atoms with Gasteiger partial charge in [0.05, 0.1) is 13.2 Å². The molecule has 0 bridgehead atoms. The Bertz CT molecular complexity index is 3260. The fourth-order valence-corrected chi connectivity index (χ4v) is 9.03. The minimum absolute atomic E-state index is 0.0897. The number of carbonyl (C=O) groups is 6. The zero-order chi connectivity index (χ0) is 50.0. The predicted octanol–water partition coefficient (Wildman–Crippen LogP) is 12.7. The van der Waals surface area contributed by atoms with Gasteiger partial charge in [0.15, 0.2) is 23.1 Å². The van der Waals surface area contributed by atoms with E-state index in [-0.39, 0.29) is 49.4 Å². The van der Waals surface area contributed by atoms with Gasteiger partial charge in [-0.15, -0.1) is 0 Å². The van der Waals surface area contributed by atoms with Crippen molar-refractivity contribution in [3.8, 4) is 0 Å². The molecule has 0 fully saturated rings. The molecule has 2 heterocycles. The summed E-state index contributed by atoms with van der Waals surface area (Å²) in [5.41, 5.74) is 7.06. The summed E-state index contributed by atoms with van der Waals surface area (Å²) in [7, 11) is 0. The van der Waals surface area contributed by atoms with Crippen LogP contribution in [0.25, 0.3) is 43.6 Å². The lowest BCUT2D eigenvalue weighted by Gasteiger charge is -2.10. The van der Waals surface area contributed by atoms with Crippen molar-refractivity contribution in [2.45, 2.75) is 60.0 Å². The van der Waals surface area contributed by atoms with Gasteiger partial charge in [-0.2, -0.15) is 0 Å². The smallest absolute Gasteiger partial charge is 0.325 e. The average molecular weight is 943 g/mol. The van der Waals surface area contributed by atoms with E-state index >= 15 is 0 Å².